The van der Waals surface area contributed by atoms with Gasteiger partial charge in [-0.05, 0) is 12.1 Å². The van der Waals surface area contributed by atoms with Crippen LogP contribution in [0.5, 0.6) is 5.75 Å². The lowest BCUT2D eigenvalue weighted by Gasteiger charge is -2.11. The molecule has 19 heavy (non-hydrogen) atoms. The van der Waals surface area contributed by atoms with Crippen LogP contribution in [0, 0.1) is 5.82 Å². The largest absolute Gasteiger partial charge is 0.497 e. The molecule has 0 amide bonds. The van der Waals surface area contributed by atoms with E-state index in [1.54, 1.807) is 31.6 Å². The third kappa shape index (κ3) is 3.23. The molecule has 6 heteroatoms. The third-order valence-electron chi connectivity index (χ3n) is 2.67. The lowest BCUT2D eigenvalue weighted by atomic mass is 10.3. The minimum atomic E-state index is -0.359. The highest BCUT2D eigenvalue weighted by Crippen LogP contribution is 2.24. The molecule has 0 unspecified atom stereocenters. The molecule has 0 aliphatic heterocycles. The van der Waals surface area contributed by atoms with E-state index in [1.165, 1.54) is 13.2 Å². The molecule has 2 rings (SSSR count). The molecule has 0 bridgehead atoms. The Morgan fingerprint density at radius 3 is 2.95 bits per heavy atom. The molecule has 0 aliphatic carbocycles. The summed E-state index contributed by atoms with van der Waals surface area (Å²) in [6.07, 6.45) is 3.45. The van der Waals surface area contributed by atoms with E-state index >= 15 is 0 Å². The first-order valence-electron chi connectivity index (χ1n) is 5.85. The van der Waals surface area contributed by atoms with Crippen LogP contribution in [-0.2, 0) is 11.3 Å². The zero-order valence-corrected chi connectivity index (χ0v) is 10.9. The van der Waals surface area contributed by atoms with Gasteiger partial charge < -0.3 is 19.4 Å². The predicted octanol–water partition coefficient (Wildman–Crippen LogP) is 2.42. The van der Waals surface area contributed by atoms with Crippen LogP contribution in [-0.4, -0.2) is 30.4 Å². The number of rotatable bonds is 6. The number of nitrogens with one attached hydrogen (secondary N) is 1. The molecule has 0 saturated carbocycles. The fourth-order valence-corrected chi connectivity index (χ4v) is 1.65. The van der Waals surface area contributed by atoms with Gasteiger partial charge >= 0.3 is 0 Å². The molecule has 1 aromatic heterocycles. The van der Waals surface area contributed by atoms with Crippen molar-refractivity contribution in [3.63, 3.8) is 0 Å². The zero-order chi connectivity index (χ0) is 13.7. The van der Waals surface area contributed by atoms with Crippen LogP contribution in [0.4, 0.5) is 16.0 Å². The van der Waals surface area contributed by atoms with Crippen molar-refractivity contribution in [1.82, 2.24) is 9.55 Å². The molecule has 2 aromatic rings. The average Bonchev–Trinajstić information content (AvgIpc) is 2.86. The van der Waals surface area contributed by atoms with Crippen LogP contribution in [0.3, 0.4) is 0 Å². The molecule has 102 valence electrons. The standard InChI is InChI=1S/C13H16FN3O2/c1-18-8-7-17-6-5-15-13(17)16-12-9-10(19-2)3-4-11(12)14/h3-6,9H,7-8H2,1-2H3,(H,15,16). The average molecular weight is 265 g/mol. The molecule has 1 heterocycles. The Morgan fingerprint density at radius 2 is 2.21 bits per heavy atom. The summed E-state index contributed by atoms with van der Waals surface area (Å²) in [6.45, 7) is 1.20. The first kappa shape index (κ1) is 13.4. The molecule has 0 fully saturated rings. The van der Waals surface area contributed by atoms with Crippen LogP contribution in [0.15, 0.2) is 30.6 Å². The van der Waals surface area contributed by atoms with Gasteiger partial charge in [-0.1, -0.05) is 0 Å². The summed E-state index contributed by atoms with van der Waals surface area (Å²) in [5.41, 5.74) is 0.323. The highest BCUT2D eigenvalue weighted by atomic mass is 19.1. The number of methoxy groups -OCH3 is 2. The van der Waals surface area contributed by atoms with E-state index in [2.05, 4.69) is 10.3 Å². The molecule has 0 aliphatic rings. The van der Waals surface area contributed by atoms with Crippen molar-refractivity contribution in [3.05, 3.63) is 36.4 Å². The highest BCUT2D eigenvalue weighted by molar-refractivity contribution is 5.57. The van der Waals surface area contributed by atoms with E-state index in [9.17, 15) is 4.39 Å². The quantitative estimate of drug-likeness (QED) is 0.871. The summed E-state index contributed by atoms with van der Waals surface area (Å²) < 4.78 is 25.6. The van der Waals surface area contributed by atoms with Gasteiger partial charge in [-0.3, -0.25) is 0 Å². The van der Waals surface area contributed by atoms with Gasteiger partial charge in [0.05, 0.1) is 19.4 Å². The summed E-state index contributed by atoms with van der Waals surface area (Å²) in [6, 6.07) is 4.51. The summed E-state index contributed by atoms with van der Waals surface area (Å²) in [7, 11) is 3.17. The number of halogens is 1. The van der Waals surface area contributed by atoms with Crippen LogP contribution in [0.1, 0.15) is 0 Å². The van der Waals surface area contributed by atoms with Gasteiger partial charge in [0.25, 0.3) is 0 Å². The van der Waals surface area contributed by atoms with Crippen molar-refractivity contribution in [2.75, 3.05) is 26.1 Å². The number of aromatic nitrogens is 2. The smallest absolute Gasteiger partial charge is 0.207 e. The Bertz CT molecular complexity index is 542. The fraction of sp³-hybridized carbons (Fsp3) is 0.308. The minimum absolute atomic E-state index is 0.323. The number of nitrogens with zero attached hydrogens (tertiary/aromatic N) is 2. The predicted molar refractivity (Wildman–Crippen MR) is 70.3 cm³/mol. The maximum atomic E-state index is 13.7. The molecular formula is C13H16FN3O2. The molecule has 1 aromatic carbocycles. The van der Waals surface area contributed by atoms with E-state index < -0.39 is 0 Å². The Balaban J connectivity index is 2.18. The Kier molecular flexibility index (Phi) is 4.35. The van der Waals surface area contributed by atoms with Crippen molar-refractivity contribution >= 4 is 11.6 Å². The van der Waals surface area contributed by atoms with Gasteiger partial charge in [-0.25, -0.2) is 9.37 Å². The summed E-state index contributed by atoms with van der Waals surface area (Å²) in [5, 5.41) is 2.95. The van der Waals surface area contributed by atoms with Gasteiger partial charge in [0.15, 0.2) is 0 Å². The van der Waals surface area contributed by atoms with E-state index in [1.807, 2.05) is 4.57 Å². The first-order chi connectivity index (χ1) is 9.24. The van der Waals surface area contributed by atoms with Gasteiger partial charge in [-0.2, -0.15) is 0 Å². The first-order valence-corrected chi connectivity index (χ1v) is 5.85. The van der Waals surface area contributed by atoms with E-state index in [0.717, 1.165) is 0 Å². The topological polar surface area (TPSA) is 48.3 Å². The van der Waals surface area contributed by atoms with E-state index in [0.29, 0.717) is 30.5 Å². The number of hydrogen-bond donors (Lipinski definition) is 1. The lowest BCUT2D eigenvalue weighted by molar-refractivity contribution is 0.188. The fourth-order valence-electron chi connectivity index (χ4n) is 1.65. The Hall–Kier alpha value is -2.08. The molecule has 1 N–H and O–H groups in total. The van der Waals surface area contributed by atoms with E-state index in [-0.39, 0.29) is 5.82 Å². The monoisotopic (exact) mass is 265 g/mol. The number of ether oxygens (including phenoxy) is 2. The van der Waals surface area contributed by atoms with Gasteiger partial charge in [0.2, 0.25) is 5.95 Å². The summed E-state index contributed by atoms with van der Waals surface area (Å²) in [4.78, 5) is 4.15. The minimum Gasteiger partial charge on any atom is -0.497 e. The second kappa shape index (κ2) is 6.19. The maximum absolute atomic E-state index is 13.7. The normalized spacial score (nSPS) is 10.5. The maximum Gasteiger partial charge on any atom is 0.207 e. The molecule has 0 atom stereocenters. The lowest BCUT2D eigenvalue weighted by Crippen LogP contribution is -2.08. The molecule has 5 nitrogen and oxygen atoms in total. The zero-order valence-electron chi connectivity index (χ0n) is 10.9. The van der Waals surface area contributed by atoms with Gasteiger partial charge in [0, 0.05) is 32.1 Å². The number of benzene rings is 1. The highest BCUT2D eigenvalue weighted by Gasteiger charge is 2.08. The molecule has 0 spiro atoms. The summed E-state index contributed by atoms with van der Waals surface area (Å²) >= 11 is 0. The van der Waals surface area contributed by atoms with Crippen LogP contribution in [0.25, 0.3) is 0 Å². The van der Waals surface area contributed by atoms with E-state index in [4.69, 9.17) is 9.47 Å². The Labute approximate surface area is 111 Å². The second-order valence-corrected chi connectivity index (χ2v) is 3.91. The summed E-state index contributed by atoms with van der Waals surface area (Å²) in [5.74, 6) is 0.783. The van der Waals surface area contributed by atoms with Crippen LogP contribution >= 0.6 is 0 Å². The van der Waals surface area contributed by atoms with Crippen molar-refractivity contribution < 1.29 is 13.9 Å². The van der Waals surface area contributed by atoms with Gasteiger partial charge in [-0.15, -0.1) is 0 Å². The second-order valence-electron chi connectivity index (χ2n) is 3.91. The van der Waals surface area contributed by atoms with Crippen molar-refractivity contribution in [1.29, 1.82) is 0 Å². The van der Waals surface area contributed by atoms with Crippen LogP contribution in [0.2, 0.25) is 0 Å². The number of imidazole rings is 1. The van der Waals surface area contributed by atoms with Crippen molar-refractivity contribution in [2.45, 2.75) is 6.54 Å². The SMILES string of the molecule is COCCn1ccnc1Nc1cc(OC)ccc1F. The number of anilines is 2. The van der Waals surface area contributed by atoms with Crippen molar-refractivity contribution in [3.8, 4) is 5.75 Å². The van der Waals surface area contributed by atoms with Crippen molar-refractivity contribution in [2.24, 2.45) is 0 Å². The number of hydrogen-bond acceptors (Lipinski definition) is 4. The Morgan fingerprint density at radius 1 is 1.37 bits per heavy atom. The molecule has 0 radical (unpaired) electrons. The molecular weight excluding hydrogens is 249 g/mol. The van der Waals surface area contributed by atoms with Gasteiger partial charge in [0.1, 0.15) is 11.6 Å². The van der Waals surface area contributed by atoms with Crippen LogP contribution < -0.4 is 10.1 Å². The third-order valence-corrected chi connectivity index (χ3v) is 2.67. The molecule has 0 saturated heterocycles.